The number of methoxy groups -OCH3 is 1. The fourth-order valence-electron chi connectivity index (χ4n) is 5.16. The molecule has 0 spiro atoms. The van der Waals surface area contributed by atoms with Crippen LogP contribution in [0.3, 0.4) is 0 Å². The third-order valence-corrected chi connectivity index (χ3v) is 7.12. The molecular weight excluding hydrogens is 386 g/mol. The lowest BCUT2D eigenvalue weighted by atomic mass is 9.68. The number of nitrogens with zero attached hydrogens (tertiary/aromatic N) is 1. The number of likely N-dealkylation sites (N-methyl/N-ethyl adjacent to an activating group) is 1. The molecular formula is C27H33NO3. The molecule has 0 saturated carbocycles. The maximum Gasteiger partial charge on any atom is 0.343 e. The van der Waals surface area contributed by atoms with E-state index in [1.807, 2.05) is 24.3 Å². The predicted molar refractivity (Wildman–Crippen MR) is 124 cm³/mol. The fourth-order valence-corrected chi connectivity index (χ4v) is 5.16. The van der Waals surface area contributed by atoms with E-state index < -0.39 is 0 Å². The highest BCUT2D eigenvalue weighted by Gasteiger charge is 2.48. The van der Waals surface area contributed by atoms with Gasteiger partial charge in [0, 0.05) is 17.9 Å². The number of hydrogen-bond acceptors (Lipinski definition) is 4. The number of fused-ring (bicyclic) bond motifs is 1. The Balaban J connectivity index is 1.56. The number of carbonyl (C=O) groups is 1. The van der Waals surface area contributed by atoms with Crippen LogP contribution in [0.15, 0.2) is 54.3 Å². The van der Waals surface area contributed by atoms with Gasteiger partial charge in [-0.3, -0.25) is 4.90 Å². The van der Waals surface area contributed by atoms with Crippen LogP contribution >= 0.6 is 0 Å². The Kier molecular flexibility index (Phi) is 5.94. The smallest absolute Gasteiger partial charge is 0.343 e. The van der Waals surface area contributed by atoms with Crippen LogP contribution in [0, 0.1) is 6.92 Å². The molecule has 2 aliphatic rings. The zero-order chi connectivity index (χ0) is 22.2. The van der Waals surface area contributed by atoms with Gasteiger partial charge in [-0.2, -0.15) is 0 Å². The maximum absolute atomic E-state index is 12.7. The second-order valence-electron chi connectivity index (χ2n) is 9.32. The molecule has 1 fully saturated rings. The first kappa shape index (κ1) is 21.6. The molecule has 4 heteroatoms. The molecule has 4 nitrogen and oxygen atoms in total. The van der Waals surface area contributed by atoms with Crippen molar-refractivity contribution in [3.05, 3.63) is 76.6 Å². The molecule has 2 aromatic carbocycles. The summed E-state index contributed by atoms with van der Waals surface area (Å²) in [6.07, 6.45) is 5.02. The van der Waals surface area contributed by atoms with E-state index in [9.17, 15) is 4.79 Å². The van der Waals surface area contributed by atoms with Gasteiger partial charge in [-0.15, -0.1) is 0 Å². The molecule has 0 N–H and O–H groups in total. The van der Waals surface area contributed by atoms with Crippen LogP contribution in [0.5, 0.6) is 5.75 Å². The lowest BCUT2D eigenvalue weighted by molar-refractivity contribution is 0.0593. The lowest BCUT2D eigenvalue weighted by Gasteiger charge is -2.40. The Labute approximate surface area is 185 Å². The summed E-state index contributed by atoms with van der Waals surface area (Å²) < 4.78 is 11.3. The van der Waals surface area contributed by atoms with Crippen molar-refractivity contribution in [1.29, 1.82) is 0 Å². The second kappa shape index (κ2) is 8.51. The summed E-state index contributed by atoms with van der Waals surface area (Å²) in [7, 11) is 3.88. The number of aryl methyl sites for hydroxylation is 1. The van der Waals surface area contributed by atoms with Crippen molar-refractivity contribution in [2.75, 3.05) is 20.7 Å². The van der Waals surface area contributed by atoms with E-state index in [2.05, 4.69) is 57.0 Å². The van der Waals surface area contributed by atoms with Gasteiger partial charge in [-0.25, -0.2) is 4.79 Å². The van der Waals surface area contributed by atoms with Crippen molar-refractivity contribution >= 4 is 5.97 Å². The molecule has 2 aromatic rings. The Bertz CT molecular complexity index is 992. The number of allylic oxidation sites excluding steroid dienone is 1. The Morgan fingerprint density at radius 2 is 1.87 bits per heavy atom. The van der Waals surface area contributed by atoms with Gasteiger partial charge in [0.05, 0.1) is 12.7 Å². The quantitative estimate of drug-likeness (QED) is 0.591. The zero-order valence-electron chi connectivity index (χ0n) is 19.3. The van der Waals surface area contributed by atoms with Crippen molar-refractivity contribution < 1.29 is 14.3 Å². The Hall–Kier alpha value is -2.59. The van der Waals surface area contributed by atoms with Crippen molar-refractivity contribution in [1.82, 2.24) is 4.90 Å². The minimum absolute atomic E-state index is 0.0562. The standard InChI is InChI=1S/C27H33NO3/c1-18(2)20-6-8-21(9-7-20)26(29)31-23-12-13-27(14-15-28(4)25(27)17-23)22-10-11-24(30-5)19(3)16-22/h6-11,16-18,25H,12-15H2,1-5H3. The van der Waals surface area contributed by atoms with Crippen molar-refractivity contribution in [2.45, 2.75) is 57.4 Å². The molecule has 0 amide bonds. The van der Waals surface area contributed by atoms with Crippen LogP contribution in [0.1, 0.15) is 66.1 Å². The van der Waals surface area contributed by atoms with Crippen molar-refractivity contribution in [3.63, 3.8) is 0 Å². The molecule has 1 saturated heterocycles. The number of carbonyl (C=O) groups excluding carboxylic acids is 1. The van der Waals surface area contributed by atoms with E-state index in [0.29, 0.717) is 11.5 Å². The molecule has 1 aliphatic heterocycles. The monoisotopic (exact) mass is 419 g/mol. The normalized spacial score (nSPS) is 23.4. The van der Waals surface area contributed by atoms with E-state index in [1.54, 1.807) is 7.11 Å². The molecule has 4 rings (SSSR count). The van der Waals surface area contributed by atoms with E-state index in [1.165, 1.54) is 11.1 Å². The molecule has 1 heterocycles. The van der Waals surface area contributed by atoms with Gasteiger partial charge in [0.2, 0.25) is 0 Å². The topological polar surface area (TPSA) is 38.8 Å². The SMILES string of the molecule is COc1ccc(C23CCC(OC(=O)c4ccc(C(C)C)cc4)=CC2N(C)CC3)cc1C. The summed E-state index contributed by atoms with van der Waals surface area (Å²) in [6, 6.07) is 14.5. The van der Waals surface area contributed by atoms with Gasteiger partial charge in [0.1, 0.15) is 11.5 Å². The maximum atomic E-state index is 12.7. The van der Waals surface area contributed by atoms with E-state index >= 15 is 0 Å². The lowest BCUT2D eigenvalue weighted by Crippen LogP contribution is -2.42. The van der Waals surface area contributed by atoms with Crippen LogP contribution in [-0.4, -0.2) is 37.6 Å². The number of hydrogen-bond donors (Lipinski definition) is 0. The predicted octanol–water partition coefficient (Wildman–Crippen LogP) is 5.60. The highest BCUT2D eigenvalue weighted by molar-refractivity contribution is 5.90. The molecule has 164 valence electrons. The summed E-state index contributed by atoms with van der Waals surface area (Å²) in [5.74, 6) is 1.89. The molecule has 0 radical (unpaired) electrons. The van der Waals surface area contributed by atoms with Gasteiger partial charge in [-0.1, -0.05) is 38.1 Å². The Morgan fingerprint density at radius 3 is 2.52 bits per heavy atom. The first-order valence-electron chi connectivity index (χ1n) is 11.2. The molecule has 31 heavy (non-hydrogen) atoms. The van der Waals surface area contributed by atoms with E-state index in [0.717, 1.165) is 42.9 Å². The van der Waals surface area contributed by atoms with Gasteiger partial charge >= 0.3 is 5.97 Å². The molecule has 0 bridgehead atoms. The summed E-state index contributed by atoms with van der Waals surface area (Å²) in [5.41, 5.74) is 4.40. The van der Waals surface area contributed by atoms with Gasteiger partial charge in [0.25, 0.3) is 0 Å². The van der Waals surface area contributed by atoms with E-state index in [4.69, 9.17) is 9.47 Å². The van der Waals surface area contributed by atoms with Crippen LogP contribution in [0.4, 0.5) is 0 Å². The van der Waals surface area contributed by atoms with Gasteiger partial charge < -0.3 is 9.47 Å². The highest BCUT2D eigenvalue weighted by atomic mass is 16.5. The summed E-state index contributed by atoms with van der Waals surface area (Å²) in [4.78, 5) is 15.1. The minimum Gasteiger partial charge on any atom is -0.496 e. The molecule has 1 aliphatic carbocycles. The zero-order valence-corrected chi connectivity index (χ0v) is 19.3. The minimum atomic E-state index is -0.269. The number of ether oxygens (including phenoxy) is 2. The number of likely N-dealkylation sites (tertiary alicyclic amines) is 1. The van der Waals surface area contributed by atoms with Crippen molar-refractivity contribution in [2.24, 2.45) is 0 Å². The van der Waals surface area contributed by atoms with Crippen LogP contribution in [-0.2, 0) is 10.2 Å². The summed E-state index contributed by atoms with van der Waals surface area (Å²) in [5, 5.41) is 0. The molecule has 2 atom stereocenters. The average Bonchev–Trinajstić information content (AvgIpc) is 3.11. The first-order valence-corrected chi connectivity index (χ1v) is 11.2. The Morgan fingerprint density at radius 1 is 1.13 bits per heavy atom. The number of esters is 1. The van der Waals surface area contributed by atoms with Crippen molar-refractivity contribution in [3.8, 4) is 5.75 Å². The van der Waals surface area contributed by atoms with Gasteiger partial charge in [-0.05, 0) is 80.2 Å². The first-order chi connectivity index (χ1) is 14.8. The average molecular weight is 420 g/mol. The number of rotatable bonds is 5. The fraction of sp³-hybridized carbons (Fsp3) is 0.444. The highest BCUT2D eigenvalue weighted by Crippen LogP contribution is 2.48. The molecule has 2 unspecified atom stereocenters. The third-order valence-electron chi connectivity index (χ3n) is 7.12. The third kappa shape index (κ3) is 4.01. The largest absolute Gasteiger partial charge is 0.496 e. The van der Waals surface area contributed by atoms with E-state index in [-0.39, 0.29) is 17.4 Å². The molecule has 0 aromatic heterocycles. The van der Waals surface area contributed by atoms with Crippen LogP contribution < -0.4 is 4.74 Å². The van der Waals surface area contributed by atoms with Gasteiger partial charge in [0.15, 0.2) is 0 Å². The summed E-state index contributed by atoms with van der Waals surface area (Å²) >= 11 is 0. The van der Waals surface area contributed by atoms with Crippen LogP contribution in [0.2, 0.25) is 0 Å². The number of benzene rings is 2. The van der Waals surface area contributed by atoms with Crippen LogP contribution in [0.25, 0.3) is 0 Å². The second-order valence-corrected chi connectivity index (χ2v) is 9.32. The summed E-state index contributed by atoms with van der Waals surface area (Å²) in [6.45, 7) is 7.43.